The van der Waals surface area contributed by atoms with Crippen LogP contribution in [0.5, 0.6) is 5.75 Å². The van der Waals surface area contributed by atoms with Gasteiger partial charge in [-0.3, -0.25) is 10.1 Å². The van der Waals surface area contributed by atoms with Gasteiger partial charge < -0.3 is 4.74 Å². The summed E-state index contributed by atoms with van der Waals surface area (Å²) in [6.07, 6.45) is 0.829. The maximum Gasteiger partial charge on any atom is 0.291 e. The first-order chi connectivity index (χ1) is 9.65. The van der Waals surface area contributed by atoms with Crippen molar-refractivity contribution < 1.29 is 9.66 Å². The predicted molar refractivity (Wildman–Crippen MR) is 76.2 cm³/mol. The van der Waals surface area contributed by atoms with Gasteiger partial charge in [0, 0.05) is 22.2 Å². The molecule has 0 fully saturated rings. The van der Waals surface area contributed by atoms with E-state index >= 15 is 0 Å². The predicted octanol–water partition coefficient (Wildman–Crippen LogP) is 4.09. The molecule has 0 bridgehead atoms. The molecule has 20 heavy (non-hydrogen) atoms. The van der Waals surface area contributed by atoms with Crippen LogP contribution in [0.2, 0.25) is 5.02 Å². The van der Waals surface area contributed by atoms with E-state index in [1.165, 1.54) is 0 Å². The van der Waals surface area contributed by atoms with Gasteiger partial charge in [-0.1, -0.05) is 41.9 Å². The van der Waals surface area contributed by atoms with Crippen LogP contribution in [0.3, 0.4) is 0 Å². The van der Waals surface area contributed by atoms with Crippen molar-refractivity contribution in [2.24, 2.45) is 0 Å². The Kier molecular flexibility index (Phi) is 3.16. The number of hydrogen-bond acceptors (Lipinski definition) is 3. The van der Waals surface area contributed by atoms with E-state index in [1.807, 2.05) is 12.1 Å². The van der Waals surface area contributed by atoms with E-state index < -0.39 is 11.0 Å². The second-order valence-corrected chi connectivity index (χ2v) is 4.85. The molecular formula is C15H10ClNO3. The first-order valence-corrected chi connectivity index (χ1v) is 6.40. The van der Waals surface area contributed by atoms with Gasteiger partial charge in [0.05, 0.1) is 4.92 Å². The number of halogens is 1. The summed E-state index contributed by atoms with van der Waals surface area (Å²) < 4.78 is 5.78. The van der Waals surface area contributed by atoms with E-state index in [1.54, 1.807) is 42.5 Å². The van der Waals surface area contributed by atoms with Crippen LogP contribution in [0, 0.1) is 10.1 Å². The van der Waals surface area contributed by atoms with Gasteiger partial charge in [0.15, 0.2) is 0 Å². The molecule has 5 heteroatoms. The third-order valence-electron chi connectivity index (χ3n) is 3.12. The number of fused-ring (bicyclic) bond motifs is 1. The van der Waals surface area contributed by atoms with Crippen molar-refractivity contribution in [2.45, 2.75) is 6.10 Å². The quantitative estimate of drug-likeness (QED) is 0.617. The molecule has 1 atom stereocenters. The highest BCUT2D eigenvalue weighted by atomic mass is 35.5. The van der Waals surface area contributed by atoms with E-state index in [-0.39, 0.29) is 5.70 Å². The molecule has 0 amide bonds. The fourth-order valence-corrected chi connectivity index (χ4v) is 2.28. The Hall–Kier alpha value is -2.33. The summed E-state index contributed by atoms with van der Waals surface area (Å²) in [4.78, 5) is 10.8. The molecule has 0 unspecified atom stereocenters. The lowest BCUT2D eigenvalue weighted by atomic mass is 10.0. The first kappa shape index (κ1) is 12.7. The van der Waals surface area contributed by atoms with Crippen LogP contribution < -0.4 is 4.74 Å². The highest BCUT2D eigenvalue weighted by molar-refractivity contribution is 6.30. The Balaban J connectivity index is 2.08. The SMILES string of the molecule is O=[N+]([O-])C1=Cc2ccccc2O[C@H]1c1ccc(Cl)cc1. The number of nitro groups is 1. The summed E-state index contributed by atoms with van der Waals surface area (Å²) in [5, 5.41) is 11.8. The highest BCUT2D eigenvalue weighted by Crippen LogP contribution is 2.37. The molecule has 0 spiro atoms. The molecule has 2 aromatic rings. The molecule has 2 aromatic carbocycles. The fourth-order valence-electron chi connectivity index (χ4n) is 2.15. The number of nitrogens with zero attached hydrogens (tertiary/aromatic N) is 1. The van der Waals surface area contributed by atoms with Gasteiger partial charge in [-0.05, 0) is 18.2 Å². The van der Waals surface area contributed by atoms with Crippen LogP contribution in [-0.2, 0) is 0 Å². The molecule has 100 valence electrons. The summed E-state index contributed by atoms with van der Waals surface area (Å²) in [6.45, 7) is 0. The molecule has 0 saturated heterocycles. The summed E-state index contributed by atoms with van der Waals surface area (Å²) >= 11 is 5.84. The van der Waals surface area contributed by atoms with Gasteiger partial charge in [-0.25, -0.2) is 0 Å². The standard InChI is InChI=1S/C15H10ClNO3/c16-12-7-5-10(6-8-12)15-13(17(18)19)9-11-3-1-2-4-14(11)20-15/h1-9,15H/t15-/m0/s1. The average Bonchev–Trinajstić information content (AvgIpc) is 2.46. The van der Waals surface area contributed by atoms with Crippen LogP contribution in [0.15, 0.2) is 54.2 Å². The summed E-state index contributed by atoms with van der Waals surface area (Å²) in [6, 6.07) is 14.1. The number of para-hydroxylation sites is 1. The Labute approximate surface area is 120 Å². The van der Waals surface area contributed by atoms with E-state index in [2.05, 4.69) is 0 Å². The largest absolute Gasteiger partial charge is 0.474 e. The maximum absolute atomic E-state index is 11.2. The maximum atomic E-state index is 11.2. The molecule has 0 aromatic heterocycles. The van der Waals surface area contributed by atoms with Crippen molar-refractivity contribution in [1.29, 1.82) is 0 Å². The van der Waals surface area contributed by atoms with Crippen LogP contribution >= 0.6 is 11.6 Å². The Morgan fingerprint density at radius 1 is 1.10 bits per heavy atom. The summed E-state index contributed by atoms with van der Waals surface area (Å²) in [5.74, 6) is 0.637. The van der Waals surface area contributed by atoms with Gasteiger partial charge in [0.2, 0.25) is 6.10 Å². The second-order valence-electron chi connectivity index (χ2n) is 4.41. The van der Waals surface area contributed by atoms with Crippen LogP contribution in [0.1, 0.15) is 17.2 Å². The molecule has 3 rings (SSSR count). The minimum absolute atomic E-state index is 0.0195. The molecule has 1 aliphatic rings. The lowest BCUT2D eigenvalue weighted by Crippen LogP contribution is -2.19. The zero-order valence-corrected chi connectivity index (χ0v) is 11.1. The highest BCUT2D eigenvalue weighted by Gasteiger charge is 2.32. The third kappa shape index (κ3) is 2.26. The van der Waals surface area contributed by atoms with Crippen molar-refractivity contribution in [3.05, 3.63) is 80.5 Å². The summed E-state index contributed by atoms with van der Waals surface area (Å²) in [7, 11) is 0. The lowest BCUT2D eigenvalue weighted by molar-refractivity contribution is -0.434. The topological polar surface area (TPSA) is 52.4 Å². The smallest absolute Gasteiger partial charge is 0.291 e. The van der Waals surface area contributed by atoms with Gasteiger partial charge in [-0.15, -0.1) is 0 Å². The Morgan fingerprint density at radius 3 is 2.50 bits per heavy atom. The summed E-state index contributed by atoms with van der Waals surface area (Å²) in [5.41, 5.74) is 1.43. The van der Waals surface area contributed by atoms with Gasteiger partial charge in [-0.2, -0.15) is 0 Å². The minimum Gasteiger partial charge on any atom is -0.474 e. The minimum atomic E-state index is -0.725. The fraction of sp³-hybridized carbons (Fsp3) is 0.0667. The molecule has 0 saturated carbocycles. The zero-order chi connectivity index (χ0) is 14.1. The number of benzene rings is 2. The zero-order valence-electron chi connectivity index (χ0n) is 10.3. The molecule has 1 aliphatic heterocycles. The van der Waals surface area contributed by atoms with E-state index in [4.69, 9.17) is 16.3 Å². The van der Waals surface area contributed by atoms with E-state index in [0.29, 0.717) is 21.9 Å². The number of ether oxygens (including phenoxy) is 1. The van der Waals surface area contributed by atoms with Crippen LogP contribution in [-0.4, -0.2) is 4.92 Å². The Bertz CT molecular complexity index is 695. The van der Waals surface area contributed by atoms with Crippen molar-refractivity contribution in [3.63, 3.8) is 0 Å². The molecule has 0 radical (unpaired) electrons. The average molecular weight is 288 g/mol. The molecule has 0 aliphatic carbocycles. The normalized spacial score (nSPS) is 16.9. The molecular weight excluding hydrogens is 278 g/mol. The van der Waals surface area contributed by atoms with Gasteiger partial charge >= 0.3 is 0 Å². The Morgan fingerprint density at radius 2 is 1.80 bits per heavy atom. The third-order valence-corrected chi connectivity index (χ3v) is 3.37. The van der Waals surface area contributed by atoms with Gasteiger partial charge in [0.1, 0.15) is 5.75 Å². The van der Waals surface area contributed by atoms with E-state index in [0.717, 1.165) is 0 Å². The van der Waals surface area contributed by atoms with Crippen molar-refractivity contribution in [3.8, 4) is 5.75 Å². The van der Waals surface area contributed by atoms with Crippen LogP contribution in [0.25, 0.3) is 6.08 Å². The van der Waals surface area contributed by atoms with Crippen molar-refractivity contribution >= 4 is 17.7 Å². The number of rotatable bonds is 2. The molecule has 1 heterocycles. The monoisotopic (exact) mass is 287 g/mol. The van der Waals surface area contributed by atoms with Crippen molar-refractivity contribution in [2.75, 3.05) is 0 Å². The lowest BCUT2D eigenvalue weighted by Gasteiger charge is -2.22. The molecule has 4 nitrogen and oxygen atoms in total. The first-order valence-electron chi connectivity index (χ1n) is 6.02. The second kappa shape index (κ2) is 4.98. The molecule has 0 N–H and O–H groups in total. The van der Waals surface area contributed by atoms with Gasteiger partial charge in [0.25, 0.3) is 5.70 Å². The number of hydrogen-bond donors (Lipinski definition) is 0. The van der Waals surface area contributed by atoms with E-state index in [9.17, 15) is 10.1 Å². The van der Waals surface area contributed by atoms with Crippen molar-refractivity contribution in [1.82, 2.24) is 0 Å². The van der Waals surface area contributed by atoms with Crippen LogP contribution in [0.4, 0.5) is 0 Å².